The molecule has 2 aromatic carbocycles. The third-order valence-corrected chi connectivity index (χ3v) is 6.34. The molecule has 0 radical (unpaired) electrons. The van der Waals surface area contributed by atoms with Crippen LogP contribution >= 0.6 is 11.8 Å². The number of ketones is 1. The van der Waals surface area contributed by atoms with Gasteiger partial charge in [-0.25, -0.2) is 9.18 Å². The topological polar surface area (TPSA) is 59.1 Å². The molecule has 2 heterocycles. The SMILES string of the molecule is CC(=O)CC[C@H]1CN(c2ccc(-c3ccc(CSCC4CO4)cc3)c(F)c2)C(=O)O1. The highest BCUT2D eigenvalue weighted by atomic mass is 32.2. The number of halogens is 1. The Labute approximate surface area is 179 Å². The Morgan fingerprint density at radius 1 is 1.20 bits per heavy atom. The van der Waals surface area contributed by atoms with E-state index in [1.807, 2.05) is 36.0 Å². The highest BCUT2D eigenvalue weighted by Crippen LogP contribution is 2.30. The monoisotopic (exact) mass is 429 g/mol. The van der Waals surface area contributed by atoms with Crippen molar-refractivity contribution in [1.82, 2.24) is 0 Å². The van der Waals surface area contributed by atoms with E-state index in [4.69, 9.17) is 9.47 Å². The molecule has 30 heavy (non-hydrogen) atoms. The molecule has 1 amide bonds. The summed E-state index contributed by atoms with van der Waals surface area (Å²) in [6.07, 6.45) is 0.410. The van der Waals surface area contributed by atoms with Crippen molar-refractivity contribution in [3.63, 3.8) is 0 Å². The van der Waals surface area contributed by atoms with Gasteiger partial charge < -0.3 is 14.3 Å². The van der Waals surface area contributed by atoms with E-state index < -0.39 is 6.09 Å². The Kier molecular flexibility index (Phi) is 6.39. The molecule has 2 atom stereocenters. The van der Waals surface area contributed by atoms with Gasteiger partial charge in [0.2, 0.25) is 0 Å². The zero-order valence-corrected chi connectivity index (χ0v) is 17.6. The fraction of sp³-hybridized carbons (Fsp3) is 0.391. The highest BCUT2D eigenvalue weighted by molar-refractivity contribution is 7.98. The van der Waals surface area contributed by atoms with E-state index >= 15 is 0 Å². The number of Topliss-reactive ketones (excluding diaryl/α,β-unsaturated/α-hetero) is 1. The molecule has 2 aliphatic heterocycles. The third kappa shape index (κ3) is 5.21. The number of cyclic esters (lactones) is 1. The average molecular weight is 430 g/mol. The Hall–Kier alpha value is -2.38. The summed E-state index contributed by atoms with van der Waals surface area (Å²) in [5.74, 6) is 1.58. The lowest BCUT2D eigenvalue weighted by atomic mass is 10.0. The smallest absolute Gasteiger partial charge is 0.414 e. The number of hydrogen-bond acceptors (Lipinski definition) is 5. The quantitative estimate of drug-likeness (QED) is 0.535. The minimum atomic E-state index is -0.505. The maximum absolute atomic E-state index is 14.8. The molecule has 0 aromatic heterocycles. The molecule has 0 N–H and O–H groups in total. The standard InChI is InChI=1S/C23H24FNO4S/c1-15(26)2-8-19-11-25(23(27)29-19)18-7-9-21(22(24)10-18)17-5-3-16(4-6-17)13-30-14-20-12-28-20/h3-7,9-10,19-20H,2,8,11-14H2,1H3/t19-,20?/m0/s1. The summed E-state index contributed by atoms with van der Waals surface area (Å²) in [5, 5.41) is 0. The number of ether oxygens (including phenoxy) is 2. The molecule has 0 aliphatic carbocycles. The van der Waals surface area contributed by atoms with E-state index in [-0.39, 0.29) is 17.7 Å². The van der Waals surface area contributed by atoms with Gasteiger partial charge in [-0.3, -0.25) is 4.90 Å². The van der Waals surface area contributed by atoms with Gasteiger partial charge in [-0.05, 0) is 42.7 Å². The number of epoxide rings is 1. The number of thioether (sulfide) groups is 1. The number of anilines is 1. The van der Waals surface area contributed by atoms with Gasteiger partial charge in [-0.1, -0.05) is 24.3 Å². The van der Waals surface area contributed by atoms with Crippen LogP contribution in [0, 0.1) is 5.82 Å². The van der Waals surface area contributed by atoms with Crippen molar-refractivity contribution in [3.05, 3.63) is 53.8 Å². The third-order valence-electron chi connectivity index (χ3n) is 5.20. The fourth-order valence-corrected chi connectivity index (χ4v) is 4.41. The van der Waals surface area contributed by atoms with Crippen LogP contribution in [0.1, 0.15) is 25.3 Å². The van der Waals surface area contributed by atoms with Crippen LogP contribution in [0.15, 0.2) is 42.5 Å². The zero-order valence-electron chi connectivity index (χ0n) is 16.8. The molecule has 7 heteroatoms. The largest absolute Gasteiger partial charge is 0.444 e. The minimum absolute atomic E-state index is 0.0569. The van der Waals surface area contributed by atoms with Gasteiger partial charge in [0, 0.05) is 23.5 Å². The zero-order chi connectivity index (χ0) is 21.1. The molecule has 2 aromatic rings. The number of amides is 1. The molecule has 2 fully saturated rings. The summed E-state index contributed by atoms with van der Waals surface area (Å²) in [4.78, 5) is 24.7. The van der Waals surface area contributed by atoms with Gasteiger partial charge >= 0.3 is 6.09 Å². The van der Waals surface area contributed by atoms with E-state index in [2.05, 4.69) is 0 Å². The molecule has 2 aliphatic rings. The number of nitrogens with zero attached hydrogens (tertiary/aromatic N) is 1. The van der Waals surface area contributed by atoms with Crippen molar-refractivity contribution in [2.75, 3.05) is 23.8 Å². The number of rotatable bonds is 9. The van der Waals surface area contributed by atoms with Crippen LogP contribution in [0.25, 0.3) is 11.1 Å². The lowest BCUT2D eigenvalue weighted by molar-refractivity contribution is -0.117. The Morgan fingerprint density at radius 3 is 2.63 bits per heavy atom. The first-order valence-corrected chi connectivity index (χ1v) is 11.2. The molecule has 0 spiro atoms. The van der Waals surface area contributed by atoms with Crippen molar-refractivity contribution in [3.8, 4) is 11.1 Å². The van der Waals surface area contributed by atoms with Crippen LogP contribution in [0.2, 0.25) is 0 Å². The first-order chi connectivity index (χ1) is 14.5. The Bertz CT molecular complexity index is 929. The highest BCUT2D eigenvalue weighted by Gasteiger charge is 2.32. The van der Waals surface area contributed by atoms with Crippen LogP contribution in [-0.4, -0.2) is 43.0 Å². The molecular weight excluding hydrogens is 405 g/mol. The summed E-state index contributed by atoms with van der Waals surface area (Å²) < 4.78 is 25.3. The maximum atomic E-state index is 14.8. The molecule has 5 nitrogen and oxygen atoms in total. The van der Waals surface area contributed by atoms with Gasteiger partial charge in [0.05, 0.1) is 24.9 Å². The molecule has 4 rings (SSSR count). The van der Waals surface area contributed by atoms with E-state index in [1.54, 1.807) is 12.1 Å². The summed E-state index contributed by atoms with van der Waals surface area (Å²) in [5.41, 5.74) is 2.94. The van der Waals surface area contributed by atoms with Gasteiger partial charge in [0.25, 0.3) is 0 Å². The first kappa shape index (κ1) is 20.9. The molecule has 0 bridgehead atoms. The summed E-state index contributed by atoms with van der Waals surface area (Å²) >= 11 is 1.84. The fourth-order valence-electron chi connectivity index (χ4n) is 3.41. The van der Waals surface area contributed by atoms with Gasteiger partial charge in [0.15, 0.2) is 0 Å². The molecule has 1 unspecified atom stereocenters. The normalized spacial score (nSPS) is 20.3. The van der Waals surface area contributed by atoms with Crippen molar-refractivity contribution in [2.24, 2.45) is 0 Å². The van der Waals surface area contributed by atoms with Crippen molar-refractivity contribution in [1.29, 1.82) is 0 Å². The number of carbonyl (C=O) groups is 2. The molecule has 0 saturated carbocycles. The number of carbonyl (C=O) groups excluding carboxylic acids is 2. The predicted octanol–water partition coefficient (Wildman–Crippen LogP) is 4.82. The second-order valence-corrected chi connectivity index (χ2v) is 8.72. The number of hydrogen-bond donors (Lipinski definition) is 0. The van der Waals surface area contributed by atoms with Crippen molar-refractivity contribution < 1.29 is 23.5 Å². The summed E-state index contributed by atoms with van der Waals surface area (Å²) in [6.45, 7) is 2.70. The van der Waals surface area contributed by atoms with Gasteiger partial charge in [0.1, 0.15) is 17.7 Å². The minimum Gasteiger partial charge on any atom is -0.444 e. The second-order valence-electron chi connectivity index (χ2n) is 7.69. The molecule has 2 saturated heterocycles. The van der Waals surface area contributed by atoms with E-state index in [0.29, 0.717) is 36.7 Å². The average Bonchev–Trinajstić information content (AvgIpc) is 3.47. The van der Waals surface area contributed by atoms with Crippen LogP contribution in [0.4, 0.5) is 14.9 Å². The van der Waals surface area contributed by atoms with Gasteiger partial charge in [-0.15, -0.1) is 0 Å². The van der Waals surface area contributed by atoms with Gasteiger partial charge in [-0.2, -0.15) is 11.8 Å². The summed E-state index contributed by atoms with van der Waals surface area (Å²) in [6, 6.07) is 12.7. The van der Waals surface area contributed by atoms with Crippen LogP contribution in [-0.2, 0) is 20.0 Å². The first-order valence-electron chi connectivity index (χ1n) is 10.1. The molecular formula is C23H24FNO4S. The van der Waals surface area contributed by atoms with E-state index in [0.717, 1.165) is 23.7 Å². The van der Waals surface area contributed by atoms with Crippen LogP contribution < -0.4 is 4.90 Å². The predicted molar refractivity (Wildman–Crippen MR) is 115 cm³/mol. The number of benzene rings is 2. The lowest BCUT2D eigenvalue weighted by Gasteiger charge is -2.14. The van der Waals surface area contributed by atoms with Crippen molar-refractivity contribution in [2.45, 2.75) is 37.7 Å². The maximum Gasteiger partial charge on any atom is 0.414 e. The van der Waals surface area contributed by atoms with Crippen LogP contribution in [0.3, 0.4) is 0 Å². The van der Waals surface area contributed by atoms with Crippen molar-refractivity contribution >= 4 is 29.3 Å². The summed E-state index contributed by atoms with van der Waals surface area (Å²) in [7, 11) is 0. The Morgan fingerprint density at radius 2 is 1.97 bits per heavy atom. The van der Waals surface area contributed by atoms with Crippen LogP contribution in [0.5, 0.6) is 0 Å². The lowest BCUT2D eigenvalue weighted by Crippen LogP contribution is -2.24. The second kappa shape index (κ2) is 9.18. The molecule has 158 valence electrons. The Balaban J connectivity index is 1.40. The van der Waals surface area contributed by atoms with E-state index in [9.17, 15) is 14.0 Å². The van der Waals surface area contributed by atoms with E-state index in [1.165, 1.54) is 23.5 Å².